The van der Waals surface area contributed by atoms with E-state index in [0.29, 0.717) is 6.04 Å². The molecule has 2 atom stereocenters. The van der Waals surface area contributed by atoms with Crippen molar-refractivity contribution in [2.24, 2.45) is 17.4 Å². The average Bonchev–Trinajstić information content (AvgIpc) is 2.43. The highest BCUT2D eigenvalue weighted by Crippen LogP contribution is 2.27. The molecule has 0 heterocycles. The topological polar surface area (TPSA) is 64.1 Å². The molecule has 2 unspecified atom stereocenters. The van der Waals surface area contributed by atoms with Crippen molar-refractivity contribution in [1.82, 2.24) is 5.32 Å². The third kappa shape index (κ3) is 6.55. The van der Waals surface area contributed by atoms with Crippen LogP contribution >= 0.6 is 0 Å². The Balaban J connectivity index is 2.43. The Morgan fingerprint density at radius 2 is 1.95 bits per heavy atom. The number of nitrogens with one attached hydrogen (secondary N) is 1. The van der Waals surface area contributed by atoms with Crippen LogP contribution in [0.1, 0.15) is 64.7 Å². The molecule has 0 aromatic rings. The molecule has 0 bridgehead atoms. The second-order valence-electron chi connectivity index (χ2n) is 6.07. The predicted octanol–water partition coefficient (Wildman–Crippen LogP) is 2.90. The quantitative estimate of drug-likeness (QED) is 0.444. The van der Waals surface area contributed by atoms with E-state index < -0.39 is 0 Å². The molecule has 1 saturated carbocycles. The van der Waals surface area contributed by atoms with Crippen LogP contribution < -0.4 is 16.8 Å². The molecular weight excluding hydrogens is 234 g/mol. The van der Waals surface area contributed by atoms with Crippen LogP contribution in [-0.2, 0) is 0 Å². The lowest BCUT2D eigenvalue weighted by molar-refractivity contribution is 0.269. The van der Waals surface area contributed by atoms with Crippen LogP contribution in [0.3, 0.4) is 0 Å². The van der Waals surface area contributed by atoms with Crippen molar-refractivity contribution in [3.05, 3.63) is 12.7 Å². The first-order valence-corrected chi connectivity index (χ1v) is 8.07. The largest absolute Gasteiger partial charge is 0.315 e. The number of hydrogen-bond acceptors (Lipinski definition) is 3. The molecule has 3 heteroatoms. The zero-order valence-corrected chi connectivity index (χ0v) is 12.6. The molecule has 19 heavy (non-hydrogen) atoms. The van der Waals surface area contributed by atoms with E-state index in [1.165, 1.54) is 44.9 Å². The smallest absolute Gasteiger partial charge is 0.0679 e. The second kappa shape index (κ2) is 9.51. The summed E-state index contributed by atoms with van der Waals surface area (Å²) >= 11 is 0. The number of rotatable bonds is 9. The lowest BCUT2D eigenvalue weighted by Gasteiger charge is -2.31. The summed E-state index contributed by atoms with van der Waals surface area (Å²) < 4.78 is 0. The molecule has 0 amide bonds. The van der Waals surface area contributed by atoms with E-state index in [9.17, 15) is 0 Å². The molecule has 0 spiro atoms. The molecule has 0 aromatic heterocycles. The Bertz CT molecular complexity index is 234. The number of hydrogen-bond donors (Lipinski definition) is 3. The van der Waals surface area contributed by atoms with Crippen molar-refractivity contribution in [2.75, 3.05) is 0 Å². The van der Waals surface area contributed by atoms with Crippen LogP contribution in [0.15, 0.2) is 12.7 Å². The Morgan fingerprint density at radius 3 is 2.47 bits per heavy atom. The Hall–Kier alpha value is -0.380. The van der Waals surface area contributed by atoms with Gasteiger partial charge in [-0.2, -0.15) is 0 Å². The van der Waals surface area contributed by atoms with Gasteiger partial charge < -0.3 is 16.8 Å². The predicted molar refractivity (Wildman–Crippen MR) is 83.8 cm³/mol. The molecule has 112 valence electrons. The van der Waals surface area contributed by atoms with Gasteiger partial charge in [0, 0.05) is 12.1 Å². The third-order valence-electron chi connectivity index (χ3n) is 4.36. The summed E-state index contributed by atoms with van der Waals surface area (Å²) in [6.45, 7) is 6.15. The summed E-state index contributed by atoms with van der Waals surface area (Å²) in [4.78, 5) is 0. The van der Waals surface area contributed by atoms with Crippen LogP contribution in [0.2, 0.25) is 0 Å². The first kappa shape index (κ1) is 16.7. The average molecular weight is 267 g/mol. The summed E-state index contributed by atoms with van der Waals surface area (Å²) in [7, 11) is 0. The fourth-order valence-corrected chi connectivity index (χ4v) is 3.09. The van der Waals surface area contributed by atoms with Gasteiger partial charge in [0.25, 0.3) is 0 Å². The van der Waals surface area contributed by atoms with Crippen molar-refractivity contribution < 1.29 is 0 Å². The molecule has 0 aromatic carbocycles. The normalized spacial score (nSPS) is 20.4. The summed E-state index contributed by atoms with van der Waals surface area (Å²) in [5, 5.41) is 3.62. The minimum Gasteiger partial charge on any atom is -0.315 e. The van der Waals surface area contributed by atoms with Gasteiger partial charge in [-0.1, -0.05) is 57.9 Å². The van der Waals surface area contributed by atoms with Crippen LogP contribution in [0.4, 0.5) is 0 Å². The molecule has 1 fully saturated rings. The number of unbranched alkanes of at least 4 members (excludes halogenated alkanes) is 1. The summed E-state index contributed by atoms with van der Waals surface area (Å²) in [5.74, 6) is 0.803. The van der Waals surface area contributed by atoms with Gasteiger partial charge in [-0.05, 0) is 18.8 Å². The number of nitrogens with two attached hydrogens (primary N) is 2. The maximum atomic E-state index is 5.97. The maximum Gasteiger partial charge on any atom is 0.0679 e. The molecular formula is C16H33N3. The van der Waals surface area contributed by atoms with E-state index in [0.717, 1.165) is 18.8 Å². The molecule has 0 aliphatic heterocycles. The zero-order chi connectivity index (χ0) is 14.1. The van der Waals surface area contributed by atoms with Crippen LogP contribution in [0.25, 0.3) is 0 Å². The van der Waals surface area contributed by atoms with Crippen molar-refractivity contribution in [3.63, 3.8) is 0 Å². The fourth-order valence-electron chi connectivity index (χ4n) is 3.09. The standard InChI is InChI=1S/C16H33N3/c1-3-5-11-14(4-2)19-15(16(17)18)12-13-9-7-6-8-10-13/h4,13-16,19H,2-3,5-12,17-18H2,1H3. The van der Waals surface area contributed by atoms with Crippen molar-refractivity contribution in [3.8, 4) is 0 Å². The molecule has 0 radical (unpaired) electrons. The molecule has 3 nitrogen and oxygen atoms in total. The minimum absolute atomic E-state index is 0.225. The van der Waals surface area contributed by atoms with Gasteiger partial charge in [0.1, 0.15) is 0 Å². The first-order chi connectivity index (χ1) is 9.17. The van der Waals surface area contributed by atoms with Gasteiger partial charge in [0.05, 0.1) is 6.17 Å². The van der Waals surface area contributed by atoms with Gasteiger partial charge >= 0.3 is 0 Å². The van der Waals surface area contributed by atoms with E-state index in [4.69, 9.17) is 11.5 Å². The highest BCUT2D eigenvalue weighted by Gasteiger charge is 2.23. The SMILES string of the molecule is C=CC(CCCC)NC(CC1CCCCC1)C(N)N. The monoisotopic (exact) mass is 267 g/mol. The Kier molecular flexibility index (Phi) is 8.35. The lowest BCUT2D eigenvalue weighted by Crippen LogP contribution is -2.54. The Morgan fingerprint density at radius 1 is 1.26 bits per heavy atom. The molecule has 1 rings (SSSR count). The summed E-state index contributed by atoms with van der Waals surface area (Å²) in [6, 6.07) is 0.575. The van der Waals surface area contributed by atoms with E-state index >= 15 is 0 Å². The summed E-state index contributed by atoms with van der Waals surface area (Å²) in [6.07, 6.45) is 13.3. The van der Waals surface area contributed by atoms with Crippen molar-refractivity contribution in [1.29, 1.82) is 0 Å². The second-order valence-corrected chi connectivity index (χ2v) is 6.07. The molecule has 1 aliphatic rings. The van der Waals surface area contributed by atoms with Crippen molar-refractivity contribution in [2.45, 2.75) is 83.0 Å². The van der Waals surface area contributed by atoms with Gasteiger partial charge in [-0.3, -0.25) is 0 Å². The van der Waals surface area contributed by atoms with Gasteiger partial charge in [-0.25, -0.2) is 0 Å². The highest BCUT2D eigenvalue weighted by atomic mass is 15.0. The summed E-state index contributed by atoms with van der Waals surface area (Å²) in [5.41, 5.74) is 11.9. The highest BCUT2D eigenvalue weighted by molar-refractivity contribution is 4.91. The van der Waals surface area contributed by atoms with Gasteiger partial charge in [0.2, 0.25) is 0 Å². The van der Waals surface area contributed by atoms with Crippen molar-refractivity contribution >= 4 is 0 Å². The van der Waals surface area contributed by atoms with Crippen LogP contribution in [0.5, 0.6) is 0 Å². The molecule has 5 N–H and O–H groups in total. The zero-order valence-electron chi connectivity index (χ0n) is 12.6. The van der Waals surface area contributed by atoms with Crippen LogP contribution in [0, 0.1) is 5.92 Å². The lowest BCUT2D eigenvalue weighted by atomic mass is 9.84. The third-order valence-corrected chi connectivity index (χ3v) is 4.36. The van der Waals surface area contributed by atoms with E-state index in [1.54, 1.807) is 0 Å². The first-order valence-electron chi connectivity index (χ1n) is 8.07. The Labute approximate surface area is 119 Å². The molecule has 0 saturated heterocycles. The fraction of sp³-hybridized carbons (Fsp3) is 0.875. The van der Waals surface area contributed by atoms with Gasteiger partial charge in [0.15, 0.2) is 0 Å². The molecule has 1 aliphatic carbocycles. The van der Waals surface area contributed by atoms with Crippen LogP contribution in [-0.4, -0.2) is 18.2 Å². The maximum absolute atomic E-state index is 5.97. The van der Waals surface area contributed by atoms with E-state index in [1.807, 2.05) is 6.08 Å². The minimum atomic E-state index is -0.272. The van der Waals surface area contributed by atoms with Gasteiger partial charge in [-0.15, -0.1) is 6.58 Å². The van der Waals surface area contributed by atoms with E-state index in [-0.39, 0.29) is 12.2 Å². The van der Waals surface area contributed by atoms with E-state index in [2.05, 4.69) is 18.8 Å².